The average Bonchev–Trinajstić information content (AvgIpc) is 2.94. The standard InChI is InChI=1S/C19H31N3O4/c1-17(2,3)26-16(23)21-9-13(10-21)11-22-12-14(8-20-22)15-24-18(4,5)19(6,7)25-15/h8,12-13,15H,9-11H2,1-7H3. The van der Waals surface area contributed by atoms with Gasteiger partial charge in [-0.25, -0.2) is 4.79 Å². The Hall–Kier alpha value is -1.60. The van der Waals surface area contributed by atoms with Crippen molar-refractivity contribution in [2.24, 2.45) is 5.92 Å². The zero-order valence-electron chi connectivity index (χ0n) is 16.9. The van der Waals surface area contributed by atoms with Crippen LogP contribution in [-0.4, -0.2) is 50.7 Å². The lowest BCUT2D eigenvalue weighted by Crippen LogP contribution is -2.52. The van der Waals surface area contributed by atoms with Gasteiger partial charge in [0.05, 0.1) is 17.4 Å². The van der Waals surface area contributed by atoms with Gasteiger partial charge in [-0.2, -0.15) is 5.10 Å². The summed E-state index contributed by atoms with van der Waals surface area (Å²) in [5, 5.41) is 4.43. The fraction of sp³-hybridized carbons (Fsp3) is 0.789. The van der Waals surface area contributed by atoms with Gasteiger partial charge in [0.25, 0.3) is 0 Å². The van der Waals surface area contributed by atoms with Crippen molar-refractivity contribution in [3.63, 3.8) is 0 Å². The summed E-state index contributed by atoms with van der Waals surface area (Å²) in [5.41, 5.74) is -0.252. The minimum atomic E-state index is -0.456. The zero-order valence-corrected chi connectivity index (χ0v) is 16.9. The second-order valence-corrected chi connectivity index (χ2v) is 9.34. The van der Waals surface area contributed by atoms with E-state index in [2.05, 4.69) is 5.10 Å². The van der Waals surface area contributed by atoms with Gasteiger partial charge in [-0.3, -0.25) is 4.68 Å². The number of carbonyl (C=O) groups excluding carboxylic acids is 1. The van der Waals surface area contributed by atoms with E-state index < -0.39 is 11.9 Å². The van der Waals surface area contributed by atoms with Crippen molar-refractivity contribution < 1.29 is 19.0 Å². The monoisotopic (exact) mass is 365 g/mol. The smallest absolute Gasteiger partial charge is 0.410 e. The normalized spacial score (nSPS) is 23.1. The van der Waals surface area contributed by atoms with Gasteiger partial charge in [-0.1, -0.05) is 0 Å². The lowest BCUT2D eigenvalue weighted by molar-refractivity contribution is -0.0896. The number of likely N-dealkylation sites (tertiary alicyclic amines) is 1. The van der Waals surface area contributed by atoms with Gasteiger partial charge in [-0.15, -0.1) is 0 Å². The molecule has 3 rings (SSSR count). The predicted molar refractivity (Wildman–Crippen MR) is 96.6 cm³/mol. The third-order valence-electron chi connectivity index (χ3n) is 5.23. The van der Waals surface area contributed by atoms with Gasteiger partial charge < -0.3 is 19.1 Å². The van der Waals surface area contributed by atoms with Crippen LogP contribution in [0, 0.1) is 5.92 Å². The number of rotatable bonds is 3. The van der Waals surface area contributed by atoms with Crippen LogP contribution in [0.2, 0.25) is 0 Å². The molecule has 0 bridgehead atoms. The fourth-order valence-electron chi connectivity index (χ4n) is 3.01. The van der Waals surface area contributed by atoms with E-state index in [1.807, 2.05) is 59.3 Å². The number of amides is 1. The van der Waals surface area contributed by atoms with Gasteiger partial charge >= 0.3 is 6.09 Å². The van der Waals surface area contributed by atoms with Gasteiger partial charge in [0, 0.05) is 37.3 Å². The molecule has 0 aromatic carbocycles. The highest BCUT2D eigenvalue weighted by Crippen LogP contribution is 2.44. The second-order valence-electron chi connectivity index (χ2n) is 9.34. The van der Waals surface area contributed by atoms with Crippen molar-refractivity contribution in [3.05, 3.63) is 18.0 Å². The molecule has 1 aromatic rings. The Balaban J connectivity index is 1.51. The van der Waals surface area contributed by atoms with Crippen LogP contribution >= 0.6 is 0 Å². The fourth-order valence-corrected chi connectivity index (χ4v) is 3.01. The Bertz CT molecular complexity index is 653. The maximum atomic E-state index is 12.0. The minimum Gasteiger partial charge on any atom is -0.444 e. The first-order valence-corrected chi connectivity index (χ1v) is 9.22. The first kappa shape index (κ1) is 19.2. The lowest BCUT2D eigenvalue weighted by Gasteiger charge is -2.39. The van der Waals surface area contributed by atoms with Crippen LogP contribution in [0.25, 0.3) is 0 Å². The Labute approximate surface area is 155 Å². The van der Waals surface area contributed by atoms with Gasteiger partial charge in [0.2, 0.25) is 0 Å². The summed E-state index contributed by atoms with van der Waals surface area (Å²) >= 11 is 0. The van der Waals surface area contributed by atoms with Crippen LogP contribution in [0.1, 0.15) is 60.3 Å². The Morgan fingerprint density at radius 3 is 2.35 bits per heavy atom. The van der Waals surface area contributed by atoms with Crippen LogP contribution in [0.4, 0.5) is 4.79 Å². The van der Waals surface area contributed by atoms with Crippen LogP contribution in [0.15, 0.2) is 12.4 Å². The molecule has 3 heterocycles. The largest absolute Gasteiger partial charge is 0.444 e. The molecule has 2 fully saturated rings. The van der Waals surface area contributed by atoms with E-state index in [1.54, 1.807) is 11.1 Å². The molecule has 26 heavy (non-hydrogen) atoms. The van der Waals surface area contributed by atoms with E-state index in [0.717, 1.165) is 12.1 Å². The molecule has 7 heteroatoms. The Morgan fingerprint density at radius 2 is 1.81 bits per heavy atom. The molecule has 0 radical (unpaired) electrons. The summed E-state index contributed by atoms with van der Waals surface area (Å²) in [6.07, 6.45) is 3.13. The Morgan fingerprint density at radius 1 is 1.23 bits per heavy atom. The molecule has 2 aliphatic rings. The van der Waals surface area contributed by atoms with Crippen molar-refractivity contribution in [1.82, 2.24) is 14.7 Å². The third-order valence-corrected chi connectivity index (χ3v) is 5.23. The molecule has 7 nitrogen and oxygen atoms in total. The van der Waals surface area contributed by atoms with E-state index in [0.29, 0.717) is 19.0 Å². The molecule has 146 valence electrons. The molecule has 0 aliphatic carbocycles. The number of aromatic nitrogens is 2. The molecule has 1 aromatic heterocycles. The van der Waals surface area contributed by atoms with Crippen LogP contribution in [0.5, 0.6) is 0 Å². The van der Waals surface area contributed by atoms with Crippen LogP contribution in [-0.2, 0) is 20.8 Å². The van der Waals surface area contributed by atoms with Gasteiger partial charge in [-0.05, 0) is 48.5 Å². The quantitative estimate of drug-likeness (QED) is 0.822. The molecule has 2 aliphatic heterocycles. The SMILES string of the molecule is CC(C)(C)OC(=O)N1CC(Cn2cc(C3OC(C)(C)C(C)(C)O3)cn2)C1. The first-order valence-electron chi connectivity index (χ1n) is 9.22. The molecular weight excluding hydrogens is 334 g/mol. The first-order chi connectivity index (χ1) is 11.9. The highest BCUT2D eigenvalue weighted by Gasteiger charge is 2.49. The number of hydrogen-bond acceptors (Lipinski definition) is 5. The van der Waals surface area contributed by atoms with E-state index in [9.17, 15) is 4.79 Å². The number of hydrogen-bond donors (Lipinski definition) is 0. The molecule has 0 N–H and O–H groups in total. The summed E-state index contributed by atoms with van der Waals surface area (Å²) in [5.74, 6) is 0.383. The maximum Gasteiger partial charge on any atom is 0.410 e. The summed E-state index contributed by atoms with van der Waals surface area (Å²) < 4.78 is 19.4. The molecule has 2 saturated heterocycles. The summed E-state index contributed by atoms with van der Waals surface area (Å²) in [6.45, 7) is 15.9. The van der Waals surface area contributed by atoms with E-state index in [4.69, 9.17) is 14.2 Å². The predicted octanol–water partition coefficient (Wildman–Crippen LogP) is 3.35. The van der Waals surface area contributed by atoms with Crippen LogP contribution in [0.3, 0.4) is 0 Å². The lowest BCUT2D eigenvalue weighted by atomic mass is 9.90. The van der Waals surface area contributed by atoms with Crippen molar-refractivity contribution in [3.8, 4) is 0 Å². The van der Waals surface area contributed by atoms with Crippen LogP contribution < -0.4 is 0 Å². The maximum absolute atomic E-state index is 12.0. The molecule has 0 spiro atoms. The van der Waals surface area contributed by atoms with Crippen molar-refractivity contribution in [2.75, 3.05) is 13.1 Å². The van der Waals surface area contributed by atoms with Crippen molar-refractivity contribution in [2.45, 2.75) is 78.1 Å². The molecule has 1 amide bonds. The molecule has 0 atom stereocenters. The van der Waals surface area contributed by atoms with E-state index >= 15 is 0 Å². The third kappa shape index (κ3) is 3.88. The highest BCUT2D eigenvalue weighted by atomic mass is 16.7. The number of carbonyl (C=O) groups is 1. The zero-order chi connectivity index (χ0) is 19.3. The van der Waals surface area contributed by atoms with E-state index in [1.165, 1.54) is 0 Å². The topological polar surface area (TPSA) is 65.8 Å². The highest BCUT2D eigenvalue weighted by molar-refractivity contribution is 5.69. The second kappa shape index (κ2) is 6.23. The Kier molecular flexibility index (Phi) is 4.60. The van der Waals surface area contributed by atoms with E-state index in [-0.39, 0.29) is 17.3 Å². The number of nitrogens with zero attached hydrogens (tertiary/aromatic N) is 3. The summed E-state index contributed by atoms with van der Waals surface area (Å²) in [4.78, 5) is 13.7. The van der Waals surface area contributed by atoms with Gasteiger partial charge in [0.1, 0.15) is 5.60 Å². The molecular formula is C19H31N3O4. The summed E-state index contributed by atoms with van der Waals surface area (Å²) in [6, 6.07) is 0. The minimum absolute atomic E-state index is 0.243. The number of ether oxygens (including phenoxy) is 3. The molecule has 0 unspecified atom stereocenters. The summed E-state index contributed by atoms with van der Waals surface area (Å²) in [7, 11) is 0. The molecule has 0 saturated carbocycles. The van der Waals surface area contributed by atoms with Gasteiger partial charge in [0.15, 0.2) is 6.29 Å². The van der Waals surface area contributed by atoms with Crippen molar-refractivity contribution >= 4 is 6.09 Å². The van der Waals surface area contributed by atoms with Crippen molar-refractivity contribution in [1.29, 1.82) is 0 Å². The average molecular weight is 365 g/mol.